The molecule has 0 fully saturated rings. The highest BCUT2D eigenvalue weighted by Gasteiger charge is 2.35. The molecular weight excluding hydrogens is 524 g/mol. The first-order valence-electron chi connectivity index (χ1n) is 20.0. The van der Waals surface area contributed by atoms with E-state index < -0.39 is 0 Å². The summed E-state index contributed by atoms with van der Waals surface area (Å²) in [6.45, 7) is 8.86. The third-order valence-electron chi connectivity index (χ3n) is 10.00. The van der Waals surface area contributed by atoms with Crippen LogP contribution in [-0.2, 0) is 0 Å². The van der Waals surface area contributed by atoms with Gasteiger partial charge in [0.2, 0.25) is 5.84 Å². The molecular formula is C40H79N2O+. The van der Waals surface area contributed by atoms with Crippen LogP contribution < -0.4 is 0 Å². The van der Waals surface area contributed by atoms with Crippen LogP contribution in [0.15, 0.2) is 17.1 Å². The minimum absolute atomic E-state index is 0.268. The first-order valence-corrected chi connectivity index (χ1v) is 20.0. The van der Waals surface area contributed by atoms with Crippen LogP contribution in [-0.4, -0.2) is 48.2 Å². The summed E-state index contributed by atoms with van der Waals surface area (Å²) in [6.07, 6.45) is 46.9. The van der Waals surface area contributed by atoms with Gasteiger partial charge in [0, 0.05) is 6.08 Å². The summed E-state index contributed by atoms with van der Waals surface area (Å²) < 4.78 is 0.921. The van der Waals surface area contributed by atoms with Crippen molar-refractivity contribution in [3.8, 4) is 0 Å². The predicted molar refractivity (Wildman–Crippen MR) is 193 cm³/mol. The molecule has 0 aromatic rings. The second-order valence-corrected chi connectivity index (χ2v) is 14.0. The van der Waals surface area contributed by atoms with Crippen LogP contribution in [0.4, 0.5) is 0 Å². The molecule has 1 heterocycles. The van der Waals surface area contributed by atoms with Gasteiger partial charge >= 0.3 is 0 Å². The number of rotatable bonds is 34. The smallest absolute Gasteiger partial charge is 0.222 e. The lowest BCUT2D eigenvalue weighted by atomic mass is 10.0. The van der Waals surface area contributed by atoms with Crippen LogP contribution in [0.5, 0.6) is 0 Å². The molecule has 0 saturated carbocycles. The molecule has 0 amide bonds. The van der Waals surface area contributed by atoms with E-state index in [-0.39, 0.29) is 6.61 Å². The van der Waals surface area contributed by atoms with Gasteiger partial charge in [-0.05, 0) is 25.7 Å². The lowest BCUT2D eigenvalue weighted by Crippen LogP contribution is -2.52. The van der Waals surface area contributed by atoms with Crippen molar-refractivity contribution in [2.75, 3.05) is 32.8 Å². The Bertz CT molecular complexity index is 630. The first-order chi connectivity index (χ1) is 21.3. The maximum atomic E-state index is 9.85. The fourth-order valence-electron chi connectivity index (χ4n) is 7.02. The third-order valence-corrected chi connectivity index (χ3v) is 10.00. The monoisotopic (exact) mass is 604 g/mol. The molecule has 0 spiro atoms. The normalized spacial score (nSPS) is 17.0. The number of amidine groups is 1. The number of unbranched alkanes of at least 4 members (excludes halogenated alkanes) is 28. The Morgan fingerprint density at radius 1 is 0.512 bits per heavy atom. The minimum Gasteiger partial charge on any atom is -0.390 e. The average molecular weight is 604 g/mol. The van der Waals surface area contributed by atoms with E-state index in [2.05, 4.69) is 26.0 Å². The summed E-state index contributed by atoms with van der Waals surface area (Å²) >= 11 is 0. The first kappa shape index (κ1) is 40.4. The zero-order valence-electron chi connectivity index (χ0n) is 29.7. The minimum atomic E-state index is 0.268. The van der Waals surface area contributed by atoms with Gasteiger partial charge in [0.25, 0.3) is 0 Å². The fourth-order valence-corrected chi connectivity index (χ4v) is 7.02. The fraction of sp³-hybridized carbons (Fsp3) is 0.925. The summed E-state index contributed by atoms with van der Waals surface area (Å²) in [5.74, 6) is 1.24. The molecule has 0 aromatic heterocycles. The highest BCUT2D eigenvalue weighted by molar-refractivity contribution is 5.88. The molecule has 1 aliphatic heterocycles. The summed E-state index contributed by atoms with van der Waals surface area (Å²) in [7, 11) is 0. The van der Waals surface area contributed by atoms with Crippen LogP contribution in [0.2, 0.25) is 0 Å². The molecule has 1 rings (SSSR count). The van der Waals surface area contributed by atoms with Gasteiger partial charge < -0.3 is 5.11 Å². The Hall–Kier alpha value is -0.670. The number of quaternary nitrogens is 1. The molecule has 0 radical (unpaired) electrons. The van der Waals surface area contributed by atoms with Gasteiger partial charge in [-0.1, -0.05) is 187 Å². The van der Waals surface area contributed by atoms with E-state index in [1.165, 1.54) is 198 Å². The zero-order chi connectivity index (χ0) is 30.9. The quantitative estimate of drug-likeness (QED) is 0.0576. The van der Waals surface area contributed by atoms with E-state index in [1.54, 1.807) is 0 Å². The molecule has 0 aromatic carbocycles. The Morgan fingerprint density at radius 3 is 1.28 bits per heavy atom. The number of hydrogen-bond donors (Lipinski definition) is 1. The second-order valence-electron chi connectivity index (χ2n) is 14.0. The van der Waals surface area contributed by atoms with Gasteiger partial charge in [0.05, 0.1) is 19.7 Å². The van der Waals surface area contributed by atoms with Crippen molar-refractivity contribution in [1.29, 1.82) is 0 Å². The molecule has 1 unspecified atom stereocenters. The van der Waals surface area contributed by atoms with Crippen molar-refractivity contribution in [3.05, 3.63) is 12.2 Å². The Balaban J connectivity index is 2.03. The zero-order valence-corrected chi connectivity index (χ0v) is 29.7. The Labute approximate surface area is 271 Å². The summed E-state index contributed by atoms with van der Waals surface area (Å²) in [4.78, 5) is 4.89. The SMILES string of the molecule is CCCCCCCCCCCCCCCC=CC1=NCC[N+]1(CCO)CCCCCCCCCCCCCCCCCC. The Kier molecular flexibility index (Phi) is 29.4. The predicted octanol–water partition coefficient (Wildman–Crippen LogP) is 12.5. The van der Waals surface area contributed by atoms with Gasteiger partial charge in [-0.25, -0.2) is 4.99 Å². The molecule has 3 nitrogen and oxygen atoms in total. The summed E-state index contributed by atoms with van der Waals surface area (Å²) in [6, 6.07) is 0. The van der Waals surface area contributed by atoms with Crippen molar-refractivity contribution >= 4 is 5.84 Å². The maximum Gasteiger partial charge on any atom is 0.222 e. The van der Waals surface area contributed by atoms with E-state index >= 15 is 0 Å². The number of aliphatic hydroxyl groups is 1. The van der Waals surface area contributed by atoms with Crippen LogP contribution >= 0.6 is 0 Å². The van der Waals surface area contributed by atoms with Crippen LogP contribution in [0, 0.1) is 0 Å². The van der Waals surface area contributed by atoms with Crippen LogP contribution in [0.1, 0.15) is 206 Å². The highest BCUT2D eigenvalue weighted by atomic mass is 16.3. The van der Waals surface area contributed by atoms with Gasteiger partial charge in [0.15, 0.2) is 0 Å². The largest absolute Gasteiger partial charge is 0.390 e. The highest BCUT2D eigenvalue weighted by Crippen LogP contribution is 2.20. The van der Waals surface area contributed by atoms with Crippen molar-refractivity contribution < 1.29 is 9.59 Å². The van der Waals surface area contributed by atoms with E-state index in [9.17, 15) is 5.11 Å². The molecule has 0 aliphatic carbocycles. The molecule has 0 bridgehead atoms. The number of hydrogen-bond acceptors (Lipinski definition) is 2. The van der Waals surface area contributed by atoms with E-state index in [4.69, 9.17) is 4.99 Å². The van der Waals surface area contributed by atoms with E-state index in [1.807, 2.05) is 0 Å². The maximum absolute atomic E-state index is 9.85. The van der Waals surface area contributed by atoms with Crippen molar-refractivity contribution in [2.24, 2.45) is 4.99 Å². The molecule has 3 heteroatoms. The lowest BCUT2D eigenvalue weighted by Gasteiger charge is -2.33. The lowest BCUT2D eigenvalue weighted by molar-refractivity contribution is -0.834. The van der Waals surface area contributed by atoms with Crippen molar-refractivity contribution in [3.63, 3.8) is 0 Å². The second kappa shape index (κ2) is 31.3. The Morgan fingerprint density at radius 2 is 0.884 bits per heavy atom. The van der Waals surface area contributed by atoms with Gasteiger partial charge in [-0.15, -0.1) is 0 Å². The van der Waals surface area contributed by atoms with Gasteiger partial charge in [-0.3, -0.25) is 4.48 Å². The van der Waals surface area contributed by atoms with Crippen LogP contribution in [0.3, 0.4) is 0 Å². The number of aliphatic imine (C=N–C) groups is 1. The molecule has 1 atom stereocenters. The van der Waals surface area contributed by atoms with E-state index in [0.717, 1.165) is 30.7 Å². The summed E-state index contributed by atoms with van der Waals surface area (Å²) in [5, 5.41) is 9.85. The average Bonchev–Trinajstić information content (AvgIpc) is 3.41. The number of allylic oxidation sites excluding steroid dienone is 1. The molecule has 0 saturated heterocycles. The summed E-state index contributed by atoms with van der Waals surface area (Å²) in [5.41, 5.74) is 0. The van der Waals surface area contributed by atoms with Crippen LogP contribution in [0.25, 0.3) is 0 Å². The number of nitrogens with zero attached hydrogens (tertiary/aromatic N) is 2. The van der Waals surface area contributed by atoms with E-state index in [0.29, 0.717) is 0 Å². The molecule has 254 valence electrons. The van der Waals surface area contributed by atoms with Gasteiger partial charge in [0.1, 0.15) is 13.1 Å². The number of aliphatic hydroxyl groups excluding tert-OH is 1. The van der Waals surface area contributed by atoms with Crippen molar-refractivity contribution in [2.45, 2.75) is 206 Å². The molecule has 1 N–H and O–H groups in total. The third kappa shape index (κ3) is 23.3. The standard InChI is InChI=1S/C40H79N2O/c1-3-5-7-9-11-13-15-17-19-21-23-25-27-29-31-33-36-42(38-39-43)37-35-41-40(42)34-32-30-28-26-24-22-20-18-16-14-12-10-8-6-4-2/h32,34,43H,3-31,33,35-39H2,1-2H3/q+1. The van der Waals surface area contributed by atoms with Crippen molar-refractivity contribution in [1.82, 2.24) is 0 Å². The molecule has 1 aliphatic rings. The van der Waals surface area contributed by atoms with Gasteiger partial charge in [-0.2, -0.15) is 0 Å². The molecule has 43 heavy (non-hydrogen) atoms. The topological polar surface area (TPSA) is 32.6 Å².